The van der Waals surface area contributed by atoms with Crippen LogP contribution in [0, 0.1) is 12.7 Å². The Balaban J connectivity index is 1.97. The number of hydrogen-bond acceptors (Lipinski definition) is 6. The molecular formula is C18H16FN5O2. The molecule has 0 amide bonds. The Bertz CT molecular complexity index is 934. The van der Waals surface area contributed by atoms with E-state index in [4.69, 9.17) is 5.11 Å². The summed E-state index contributed by atoms with van der Waals surface area (Å²) in [6.45, 7) is 1.45. The molecule has 0 saturated carbocycles. The van der Waals surface area contributed by atoms with Crippen LogP contribution in [-0.4, -0.2) is 32.6 Å². The van der Waals surface area contributed by atoms with E-state index in [-0.39, 0.29) is 18.3 Å². The zero-order valence-electron chi connectivity index (χ0n) is 13.9. The van der Waals surface area contributed by atoms with Crippen LogP contribution < -0.4 is 10.6 Å². The number of pyridine rings is 1. The number of nitrogens with one attached hydrogen (secondary N) is 2. The number of aliphatic carboxylic acids is 1. The molecule has 0 bridgehead atoms. The summed E-state index contributed by atoms with van der Waals surface area (Å²) in [4.78, 5) is 23.6. The van der Waals surface area contributed by atoms with Crippen molar-refractivity contribution in [1.82, 2.24) is 15.0 Å². The van der Waals surface area contributed by atoms with Gasteiger partial charge in [-0.25, -0.2) is 9.37 Å². The molecule has 2 heterocycles. The number of carboxylic acid groups (broad SMARTS) is 1. The van der Waals surface area contributed by atoms with Crippen molar-refractivity contribution in [3.63, 3.8) is 0 Å². The molecule has 1 aromatic carbocycles. The summed E-state index contributed by atoms with van der Waals surface area (Å²) in [6, 6.07) is 11.5. The molecular weight excluding hydrogens is 337 g/mol. The molecule has 7 nitrogen and oxygen atoms in total. The summed E-state index contributed by atoms with van der Waals surface area (Å²) >= 11 is 0. The Hall–Kier alpha value is -3.55. The van der Waals surface area contributed by atoms with Crippen LogP contribution in [0.2, 0.25) is 0 Å². The third-order valence-electron chi connectivity index (χ3n) is 3.50. The maximum absolute atomic E-state index is 13.3. The van der Waals surface area contributed by atoms with Gasteiger partial charge in [-0.3, -0.25) is 9.78 Å². The summed E-state index contributed by atoms with van der Waals surface area (Å²) in [7, 11) is 0. The van der Waals surface area contributed by atoms with E-state index >= 15 is 0 Å². The maximum Gasteiger partial charge on any atom is 0.322 e. The van der Waals surface area contributed by atoms with Crippen LogP contribution in [0.15, 0.2) is 48.7 Å². The van der Waals surface area contributed by atoms with Crippen molar-refractivity contribution < 1.29 is 14.3 Å². The van der Waals surface area contributed by atoms with Gasteiger partial charge in [0.05, 0.1) is 11.4 Å². The molecule has 0 spiro atoms. The monoisotopic (exact) mass is 353 g/mol. The van der Waals surface area contributed by atoms with E-state index in [0.717, 1.165) is 0 Å². The fraction of sp³-hybridized carbons (Fsp3) is 0.111. The van der Waals surface area contributed by atoms with Gasteiger partial charge in [0.25, 0.3) is 0 Å². The van der Waals surface area contributed by atoms with Crippen molar-refractivity contribution in [3.05, 3.63) is 60.0 Å². The van der Waals surface area contributed by atoms with Gasteiger partial charge >= 0.3 is 5.97 Å². The van der Waals surface area contributed by atoms with Crippen LogP contribution >= 0.6 is 0 Å². The molecule has 0 radical (unpaired) electrons. The molecule has 3 rings (SSSR count). The third kappa shape index (κ3) is 4.29. The molecule has 0 fully saturated rings. The summed E-state index contributed by atoms with van der Waals surface area (Å²) in [5.41, 5.74) is 2.53. The lowest BCUT2D eigenvalue weighted by molar-refractivity contribution is -0.134. The number of halogens is 1. The van der Waals surface area contributed by atoms with Gasteiger partial charge in [-0.15, -0.1) is 0 Å². The normalized spacial score (nSPS) is 10.4. The predicted octanol–water partition coefficient (Wildman–Crippen LogP) is 3.23. The van der Waals surface area contributed by atoms with Crippen LogP contribution in [0.5, 0.6) is 0 Å². The minimum atomic E-state index is -1.03. The Labute approximate surface area is 149 Å². The summed E-state index contributed by atoms with van der Waals surface area (Å²) in [5.74, 6) is -0.768. The molecule has 3 N–H and O–H groups in total. The lowest BCUT2D eigenvalue weighted by atomic mass is 10.2. The van der Waals surface area contributed by atoms with Crippen molar-refractivity contribution in [2.24, 2.45) is 0 Å². The van der Waals surface area contributed by atoms with Gasteiger partial charge in [0.1, 0.15) is 18.2 Å². The molecule has 2 aromatic heterocycles. The Kier molecular flexibility index (Phi) is 5.02. The maximum atomic E-state index is 13.3. The van der Waals surface area contributed by atoms with Gasteiger partial charge < -0.3 is 15.7 Å². The van der Waals surface area contributed by atoms with Gasteiger partial charge in [0, 0.05) is 18.0 Å². The first-order valence-corrected chi connectivity index (χ1v) is 7.80. The first-order valence-electron chi connectivity index (χ1n) is 7.80. The van der Waals surface area contributed by atoms with Crippen molar-refractivity contribution in [1.29, 1.82) is 0 Å². The van der Waals surface area contributed by atoms with E-state index in [0.29, 0.717) is 28.5 Å². The van der Waals surface area contributed by atoms with E-state index in [9.17, 15) is 9.18 Å². The number of hydrogen-bond donors (Lipinski definition) is 3. The highest BCUT2D eigenvalue weighted by Gasteiger charge is 2.10. The topological polar surface area (TPSA) is 100 Å². The molecule has 0 unspecified atom stereocenters. The minimum Gasteiger partial charge on any atom is -0.480 e. The van der Waals surface area contributed by atoms with Gasteiger partial charge in [0.15, 0.2) is 0 Å². The molecule has 132 valence electrons. The number of aromatic nitrogens is 3. The first kappa shape index (κ1) is 17.3. The number of carbonyl (C=O) groups is 1. The zero-order valence-corrected chi connectivity index (χ0v) is 13.9. The van der Waals surface area contributed by atoms with E-state index in [1.54, 1.807) is 37.4 Å². The average molecular weight is 353 g/mol. The highest BCUT2D eigenvalue weighted by molar-refractivity contribution is 5.73. The number of nitrogens with zero attached hydrogens (tertiary/aromatic N) is 3. The fourth-order valence-electron chi connectivity index (χ4n) is 2.30. The molecule has 0 aliphatic heterocycles. The lowest BCUT2D eigenvalue weighted by Crippen LogP contribution is -2.15. The summed E-state index contributed by atoms with van der Waals surface area (Å²) in [5, 5.41) is 14.6. The van der Waals surface area contributed by atoms with Crippen LogP contribution in [-0.2, 0) is 4.79 Å². The summed E-state index contributed by atoms with van der Waals surface area (Å²) < 4.78 is 13.3. The minimum absolute atomic E-state index is 0.151. The second-order valence-electron chi connectivity index (χ2n) is 5.51. The molecule has 8 heteroatoms. The van der Waals surface area contributed by atoms with Crippen molar-refractivity contribution in [3.8, 4) is 11.4 Å². The second-order valence-corrected chi connectivity index (χ2v) is 5.51. The van der Waals surface area contributed by atoms with Crippen LogP contribution in [0.4, 0.5) is 21.8 Å². The quantitative estimate of drug-likeness (QED) is 0.625. The number of carboxylic acids is 1. The number of aryl methyl sites for hydroxylation is 1. The molecule has 0 saturated heterocycles. The Morgan fingerprint density at radius 3 is 2.69 bits per heavy atom. The highest BCUT2D eigenvalue weighted by atomic mass is 19.1. The van der Waals surface area contributed by atoms with Crippen LogP contribution in [0.25, 0.3) is 11.4 Å². The molecule has 0 aliphatic rings. The summed E-state index contributed by atoms with van der Waals surface area (Å²) in [6.07, 6.45) is 1.64. The van der Waals surface area contributed by atoms with Gasteiger partial charge in [-0.2, -0.15) is 4.98 Å². The smallest absolute Gasteiger partial charge is 0.322 e. The van der Waals surface area contributed by atoms with Gasteiger partial charge in [-0.1, -0.05) is 6.07 Å². The zero-order chi connectivity index (χ0) is 18.5. The number of anilines is 3. The average Bonchev–Trinajstić information content (AvgIpc) is 2.63. The van der Waals surface area contributed by atoms with E-state index < -0.39 is 5.97 Å². The number of rotatable bonds is 6. The van der Waals surface area contributed by atoms with E-state index in [1.807, 2.05) is 6.07 Å². The largest absolute Gasteiger partial charge is 0.480 e. The van der Waals surface area contributed by atoms with Gasteiger partial charge in [0.2, 0.25) is 5.95 Å². The van der Waals surface area contributed by atoms with Gasteiger partial charge in [-0.05, 0) is 42.8 Å². The third-order valence-corrected chi connectivity index (χ3v) is 3.50. The Morgan fingerprint density at radius 1 is 1.15 bits per heavy atom. The van der Waals surface area contributed by atoms with Crippen molar-refractivity contribution >= 4 is 23.4 Å². The van der Waals surface area contributed by atoms with Crippen molar-refractivity contribution in [2.75, 3.05) is 17.2 Å². The predicted molar refractivity (Wildman–Crippen MR) is 95.8 cm³/mol. The van der Waals surface area contributed by atoms with Crippen LogP contribution in [0.1, 0.15) is 5.56 Å². The molecule has 0 aliphatic carbocycles. The standard InChI is InChI=1S/C18H16FN5O2/c1-11-8-12(19)5-6-13(11)22-16-9-15(14-4-2-3-7-20-14)23-18(24-16)21-10-17(25)26/h2-9H,10H2,1H3,(H,25,26)(H2,21,22,23,24). The number of benzene rings is 1. The second kappa shape index (κ2) is 7.56. The highest BCUT2D eigenvalue weighted by Crippen LogP contribution is 2.24. The molecule has 26 heavy (non-hydrogen) atoms. The lowest BCUT2D eigenvalue weighted by Gasteiger charge is -2.12. The Morgan fingerprint density at radius 2 is 2.00 bits per heavy atom. The fourth-order valence-corrected chi connectivity index (χ4v) is 2.30. The molecule has 0 atom stereocenters. The first-order chi connectivity index (χ1) is 12.5. The molecule has 3 aromatic rings. The SMILES string of the molecule is Cc1cc(F)ccc1Nc1cc(-c2ccccn2)nc(NCC(=O)O)n1. The van der Waals surface area contributed by atoms with Crippen molar-refractivity contribution in [2.45, 2.75) is 6.92 Å². The van der Waals surface area contributed by atoms with E-state index in [2.05, 4.69) is 25.6 Å². The van der Waals surface area contributed by atoms with E-state index in [1.165, 1.54) is 12.1 Å². The van der Waals surface area contributed by atoms with Crippen LogP contribution in [0.3, 0.4) is 0 Å².